The lowest BCUT2D eigenvalue weighted by atomic mass is 9.87. The summed E-state index contributed by atoms with van der Waals surface area (Å²) in [6.07, 6.45) is 7.00. The fraction of sp³-hybridized carbons (Fsp3) is 0.250. The topological polar surface area (TPSA) is 124 Å². The van der Waals surface area contributed by atoms with Crippen molar-refractivity contribution in [2.75, 3.05) is 0 Å². The van der Waals surface area contributed by atoms with Crippen LogP contribution < -0.4 is 5.32 Å². The number of pyridine rings is 1. The van der Waals surface area contributed by atoms with Crippen molar-refractivity contribution >= 4 is 39.9 Å². The Hall–Kier alpha value is -3.74. The van der Waals surface area contributed by atoms with Crippen molar-refractivity contribution in [1.82, 2.24) is 39.8 Å². The van der Waals surface area contributed by atoms with Crippen molar-refractivity contribution in [2.24, 2.45) is 0 Å². The molecule has 0 aliphatic heterocycles. The van der Waals surface area contributed by atoms with Gasteiger partial charge in [-0.1, -0.05) is 35.1 Å². The lowest BCUT2D eigenvalue weighted by molar-refractivity contribution is 0.0417. The van der Waals surface area contributed by atoms with E-state index in [9.17, 15) is 14.3 Å². The Kier molecular flexibility index (Phi) is 6.14. The summed E-state index contributed by atoms with van der Waals surface area (Å²) in [6, 6.07) is 7.08. The zero-order valence-electron chi connectivity index (χ0n) is 19.2. The summed E-state index contributed by atoms with van der Waals surface area (Å²) in [5.74, 6) is -0.0165. The minimum atomic E-state index is -0.976. The number of amides is 1. The van der Waals surface area contributed by atoms with Crippen molar-refractivity contribution in [3.63, 3.8) is 0 Å². The molecule has 5 aromatic rings. The van der Waals surface area contributed by atoms with Crippen LogP contribution in [0.15, 0.2) is 55.1 Å². The predicted molar refractivity (Wildman–Crippen MR) is 135 cm³/mol. The molecule has 10 nitrogen and oxygen atoms in total. The number of aliphatic hydroxyl groups excluding tert-OH is 1. The number of hydrogen-bond acceptors (Lipinski definition) is 8. The van der Waals surface area contributed by atoms with Crippen LogP contribution in [0.5, 0.6) is 0 Å². The fourth-order valence-electron chi connectivity index (χ4n) is 4.79. The lowest BCUT2D eigenvalue weighted by Gasteiger charge is -2.36. The van der Waals surface area contributed by atoms with Crippen molar-refractivity contribution in [3.8, 4) is 17.2 Å². The summed E-state index contributed by atoms with van der Waals surface area (Å²) in [4.78, 5) is 27.3. The van der Waals surface area contributed by atoms with Crippen LogP contribution in [0.2, 0.25) is 4.34 Å². The quantitative estimate of drug-likeness (QED) is 0.348. The van der Waals surface area contributed by atoms with Crippen LogP contribution in [0.4, 0.5) is 4.39 Å². The Morgan fingerprint density at radius 3 is 2.73 bits per heavy atom. The monoisotopic (exact) mass is 538 g/mol. The van der Waals surface area contributed by atoms with Gasteiger partial charge in [0, 0.05) is 6.07 Å². The number of aromatic nitrogens is 7. The molecule has 1 aromatic carbocycles. The summed E-state index contributed by atoms with van der Waals surface area (Å²) in [7, 11) is 0. The average Bonchev–Trinajstić information content (AvgIpc) is 3.65. The average molecular weight is 539 g/mol. The Balaban J connectivity index is 1.44. The summed E-state index contributed by atoms with van der Waals surface area (Å²) < 4.78 is 17.2. The highest BCUT2D eigenvalue weighted by Crippen LogP contribution is 2.37. The van der Waals surface area contributed by atoms with Gasteiger partial charge in [-0.15, -0.1) is 4.80 Å². The highest BCUT2D eigenvalue weighted by Gasteiger charge is 2.37. The fourth-order valence-corrected chi connectivity index (χ4v) is 5.60. The molecule has 37 heavy (non-hydrogen) atoms. The first-order valence-corrected chi connectivity index (χ1v) is 12.8. The number of thiazole rings is 1. The van der Waals surface area contributed by atoms with Crippen molar-refractivity contribution in [2.45, 2.75) is 37.5 Å². The van der Waals surface area contributed by atoms with E-state index in [-0.39, 0.29) is 5.01 Å². The van der Waals surface area contributed by atoms with Crippen LogP contribution in [0.3, 0.4) is 0 Å². The Labute approximate surface area is 218 Å². The van der Waals surface area contributed by atoms with E-state index >= 15 is 0 Å². The summed E-state index contributed by atoms with van der Waals surface area (Å²) in [5, 5.41) is 22.9. The predicted octanol–water partition coefficient (Wildman–Crippen LogP) is 3.81. The molecule has 0 unspecified atom stereocenters. The maximum absolute atomic E-state index is 15.0. The van der Waals surface area contributed by atoms with E-state index in [1.807, 2.05) is 4.57 Å². The number of imidazole rings is 1. The largest absolute Gasteiger partial charge is 0.389 e. The van der Waals surface area contributed by atoms with Crippen molar-refractivity contribution < 1.29 is 14.3 Å². The van der Waals surface area contributed by atoms with Crippen LogP contribution in [0.25, 0.3) is 28.2 Å². The maximum atomic E-state index is 15.0. The molecule has 1 amide bonds. The van der Waals surface area contributed by atoms with Gasteiger partial charge in [0.15, 0.2) is 10.8 Å². The number of fused-ring (bicyclic) bond motifs is 1. The van der Waals surface area contributed by atoms with Crippen LogP contribution in [0, 0.1) is 5.82 Å². The Bertz CT molecular complexity index is 1590. The summed E-state index contributed by atoms with van der Waals surface area (Å²) in [6.45, 7) is 0. The molecule has 3 atom stereocenters. The zero-order chi connectivity index (χ0) is 25.5. The number of rotatable bonds is 5. The SMILES string of the molecule is O=C(N[C@H]1CCC[C@@H](n2c(-c3ccccc3F)nc3cnc(-n4nccn4)cc32)[C@@H]1O)c1ncc(Cl)s1. The summed E-state index contributed by atoms with van der Waals surface area (Å²) in [5.41, 5.74) is 1.47. The van der Waals surface area contributed by atoms with Crippen LogP contribution >= 0.6 is 22.9 Å². The standard InChI is InChI=1S/C24H20ClFN8O2S/c25-19-12-28-24(37-19)23(36)32-15-6-3-7-17(21(15)35)33-18-10-20(34-29-8-9-30-34)27-11-16(18)31-22(33)13-4-1-2-5-14(13)26/h1-2,4-5,8-12,15,17,21,35H,3,6-7H2,(H,32,36)/t15-,17+,21+/m0/s1. The van der Waals surface area contributed by atoms with Crippen molar-refractivity contribution in [1.29, 1.82) is 0 Å². The van der Waals surface area contributed by atoms with E-state index in [0.29, 0.717) is 45.4 Å². The Morgan fingerprint density at radius 2 is 1.97 bits per heavy atom. The van der Waals surface area contributed by atoms with E-state index in [0.717, 1.165) is 17.8 Å². The number of carbonyl (C=O) groups excluding carboxylic acids is 1. The third-order valence-corrected chi connectivity index (χ3v) is 7.55. The third-order valence-electron chi connectivity index (χ3n) is 6.44. The van der Waals surface area contributed by atoms with E-state index < -0.39 is 29.9 Å². The third kappa shape index (κ3) is 4.37. The second-order valence-corrected chi connectivity index (χ2v) is 10.3. The van der Waals surface area contributed by atoms with Gasteiger partial charge in [0.25, 0.3) is 5.91 Å². The molecule has 0 spiro atoms. The zero-order valence-corrected chi connectivity index (χ0v) is 20.8. The van der Waals surface area contributed by atoms with Gasteiger partial charge in [0.05, 0.1) is 54.1 Å². The summed E-state index contributed by atoms with van der Waals surface area (Å²) >= 11 is 7.00. The molecule has 0 radical (unpaired) electrons. The van der Waals surface area contributed by atoms with E-state index in [2.05, 4.69) is 25.5 Å². The number of benzene rings is 1. The van der Waals surface area contributed by atoms with E-state index in [1.54, 1.807) is 42.9 Å². The first-order chi connectivity index (χ1) is 18.0. The first-order valence-electron chi connectivity index (χ1n) is 11.6. The Morgan fingerprint density at radius 1 is 1.16 bits per heavy atom. The van der Waals surface area contributed by atoms with E-state index in [4.69, 9.17) is 16.6 Å². The molecule has 0 saturated heterocycles. The number of nitrogens with one attached hydrogen (secondary N) is 1. The van der Waals surface area contributed by atoms with Crippen LogP contribution in [-0.2, 0) is 0 Å². The van der Waals surface area contributed by atoms with Gasteiger partial charge in [-0.2, -0.15) is 10.2 Å². The van der Waals surface area contributed by atoms with Gasteiger partial charge in [-0.3, -0.25) is 4.79 Å². The van der Waals surface area contributed by atoms with Gasteiger partial charge >= 0.3 is 0 Å². The highest BCUT2D eigenvalue weighted by atomic mass is 35.5. The molecule has 4 aromatic heterocycles. The number of carbonyl (C=O) groups is 1. The molecule has 1 aliphatic rings. The lowest BCUT2D eigenvalue weighted by Crippen LogP contribution is -2.49. The highest BCUT2D eigenvalue weighted by molar-refractivity contribution is 7.17. The van der Waals surface area contributed by atoms with Crippen LogP contribution in [-0.4, -0.2) is 57.7 Å². The number of aliphatic hydroxyl groups is 1. The molecule has 4 heterocycles. The molecule has 188 valence electrons. The minimum absolute atomic E-state index is 0.224. The number of halogens is 2. The molecule has 13 heteroatoms. The van der Waals surface area contributed by atoms with Gasteiger partial charge < -0.3 is 15.0 Å². The number of hydrogen-bond donors (Lipinski definition) is 2. The minimum Gasteiger partial charge on any atom is -0.389 e. The van der Waals surface area contributed by atoms with Gasteiger partial charge in [-0.25, -0.2) is 19.3 Å². The van der Waals surface area contributed by atoms with Gasteiger partial charge in [-0.05, 0) is 31.4 Å². The molecule has 6 rings (SSSR count). The van der Waals surface area contributed by atoms with Gasteiger partial charge in [0.1, 0.15) is 21.5 Å². The molecule has 1 aliphatic carbocycles. The first kappa shape index (κ1) is 23.6. The number of nitrogens with zero attached hydrogens (tertiary/aromatic N) is 7. The molecule has 1 saturated carbocycles. The molecular weight excluding hydrogens is 519 g/mol. The van der Waals surface area contributed by atoms with Crippen LogP contribution in [0.1, 0.15) is 35.1 Å². The second kappa shape index (κ2) is 9.61. The molecule has 1 fully saturated rings. The smallest absolute Gasteiger partial charge is 0.280 e. The molecular formula is C24H20ClFN8O2S. The normalized spacial score (nSPS) is 19.8. The molecule has 2 N–H and O–H groups in total. The maximum Gasteiger partial charge on any atom is 0.280 e. The van der Waals surface area contributed by atoms with Crippen molar-refractivity contribution in [3.05, 3.63) is 70.3 Å². The van der Waals surface area contributed by atoms with E-state index in [1.165, 1.54) is 17.1 Å². The van der Waals surface area contributed by atoms with Gasteiger partial charge in [0.2, 0.25) is 0 Å². The molecule has 0 bridgehead atoms. The second-order valence-electron chi connectivity index (χ2n) is 8.67.